The van der Waals surface area contributed by atoms with Crippen LogP contribution in [0.1, 0.15) is 0 Å². The highest BCUT2D eigenvalue weighted by Gasteiger charge is 2.20. The molecule has 3 nitrogen and oxygen atoms in total. The lowest BCUT2D eigenvalue weighted by Gasteiger charge is -2.19. The van der Waals surface area contributed by atoms with Crippen LogP contribution < -0.4 is 4.31 Å². The molecule has 0 bridgehead atoms. The number of para-hydroxylation sites is 1. The van der Waals surface area contributed by atoms with Crippen LogP contribution in [0.25, 0.3) is 0 Å². The maximum atomic E-state index is 12.2. The van der Waals surface area contributed by atoms with Gasteiger partial charge in [0.2, 0.25) is 0 Å². The topological polar surface area (TPSA) is 37.4 Å². The Bertz CT molecular complexity index is 579. The van der Waals surface area contributed by atoms with Gasteiger partial charge in [-0.1, -0.05) is 36.4 Å². The molecule has 87 valence electrons. The van der Waals surface area contributed by atoms with Gasteiger partial charge in [0.05, 0.1) is 10.6 Å². The first-order chi connectivity index (χ1) is 8.12. The van der Waals surface area contributed by atoms with Crippen LogP contribution in [0.2, 0.25) is 0 Å². The zero-order chi connectivity index (χ0) is 12.3. The van der Waals surface area contributed by atoms with E-state index in [9.17, 15) is 8.42 Å². The van der Waals surface area contributed by atoms with Crippen LogP contribution in [0.3, 0.4) is 0 Å². The fourth-order valence-electron chi connectivity index (χ4n) is 1.46. The van der Waals surface area contributed by atoms with Crippen molar-refractivity contribution in [1.82, 2.24) is 0 Å². The van der Waals surface area contributed by atoms with Gasteiger partial charge in [-0.15, -0.1) is 0 Å². The van der Waals surface area contributed by atoms with Crippen molar-refractivity contribution in [2.45, 2.75) is 4.90 Å². The van der Waals surface area contributed by atoms with Gasteiger partial charge in [-0.05, 0) is 18.2 Å². The third-order valence-corrected chi connectivity index (χ3v) is 4.18. The zero-order valence-corrected chi connectivity index (χ0v) is 10.2. The minimum Gasteiger partial charge on any atom is -0.269 e. The predicted molar refractivity (Wildman–Crippen MR) is 67.3 cm³/mol. The van der Waals surface area contributed by atoms with Crippen LogP contribution in [0.5, 0.6) is 0 Å². The normalized spacial score (nSPS) is 11.1. The Morgan fingerprint density at radius 3 is 2.24 bits per heavy atom. The van der Waals surface area contributed by atoms with E-state index in [0.717, 1.165) is 0 Å². The Morgan fingerprint density at radius 1 is 1.00 bits per heavy atom. The molecular formula is C13H12NO2S. The first kappa shape index (κ1) is 11.7. The molecule has 2 rings (SSSR count). The number of hydrogen-bond acceptors (Lipinski definition) is 2. The second-order valence-corrected chi connectivity index (χ2v) is 5.47. The first-order valence-corrected chi connectivity index (χ1v) is 6.57. The molecule has 0 aromatic heterocycles. The van der Waals surface area contributed by atoms with Gasteiger partial charge in [0, 0.05) is 13.1 Å². The lowest BCUT2D eigenvalue weighted by Crippen LogP contribution is -2.26. The molecule has 0 aliphatic carbocycles. The molecule has 0 unspecified atom stereocenters. The fraction of sp³-hybridized carbons (Fsp3) is 0.0769. The first-order valence-electron chi connectivity index (χ1n) is 5.13. The molecule has 2 aromatic rings. The monoisotopic (exact) mass is 246 g/mol. The molecule has 2 aromatic carbocycles. The van der Waals surface area contributed by atoms with Gasteiger partial charge in [0.1, 0.15) is 0 Å². The molecule has 0 heterocycles. The Kier molecular flexibility index (Phi) is 3.15. The fourth-order valence-corrected chi connectivity index (χ4v) is 2.62. The lowest BCUT2D eigenvalue weighted by atomic mass is 10.3. The smallest absolute Gasteiger partial charge is 0.264 e. The average molecular weight is 246 g/mol. The van der Waals surface area contributed by atoms with Crippen LogP contribution >= 0.6 is 0 Å². The molecule has 0 amide bonds. The summed E-state index contributed by atoms with van der Waals surface area (Å²) in [4.78, 5) is 0.173. The Hall–Kier alpha value is -1.81. The predicted octanol–water partition coefficient (Wildman–Crippen LogP) is 2.31. The van der Waals surface area contributed by atoms with Crippen molar-refractivity contribution in [3.05, 3.63) is 60.7 Å². The van der Waals surface area contributed by atoms with Crippen LogP contribution in [-0.4, -0.2) is 15.5 Å². The van der Waals surface area contributed by atoms with E-state index in [4.69, 9.17) is 0 Å². The van der Waals surface area contributed by atoms with E-state index in [-0.39, 0.29) is 4.90 Å². The van der Waals surface area contributed by atoms with Crippen molar-refractivity contribution in [3.8, 4) is 0 Å². The molecule has 0 saturated heterocycles. The van der Waals surface area contributed by atoms with Crippen LogP contribution in [0, 0.1) is 6.07 Å². The lowest BCUT2D eigenvalue weighted by molar-refractivity contribution is 0.594. The second kappa shape index (κ2) is 4.59. The van der Waals surface area contributed by atoms with Crippen LogP contribution in [0.4, 0.5) is 5.69 Å². The summed E-state index contributed by atoms with van der Waals surface area (Å²) in [6.45, 7) is 0. The molecular weight excluding hydrogens is 234 g/mol. The van der Waals surface area contributed by atoms with Crippen molar-refractivity contribution in [2.75, 3.05) is 11.4 Å². The maximum Gasteiger partial charge on any atom is 0.264 e. The molecule has 0 spiro atoms. The molecule has 0 atom stereocenters. The minimum atomic E-state index is -3.51. The average Bonchev–Trinajstić information content (AvgIpc) is 2.40. The Balaban J connectivity index is 2.41. The van der Waals surface area contributed by atoms with E-state index in [1.54, 1.807) is 42.5 Å². The highest BCUT2D eigenvalue weighted by atomic mass is 32.2. The van der Waals surface area contributed by atoms with Crippen molar-refractivity contribution >= 4 is 15.7 Å². The van der Waals surface area contributed by atoms with E-state index in [1.807, 2.05) is 6.07 Å². The van der Waals surface area contributed by atoms with Crippen molar-refractivity contribution in [2.24, 2.45) is 0 Å². The van der Waals surface area contributed by atoms with Crippen LogP contribution in [-0.2, 0) is 10.0 Å². The minimum absolute atomic E-state index is 0.173. The van der Waals surface area contributed by atoms with E-state index >= 15 is 0 Å². The highest BCUT2D eigenvalue weighted by molar-refractivity contribution is 7.92. The SMILES string of the molecule is CN(c1ccccc1)S(=O)(=O)c1[c]cccc1. The van der Waals surface area contributed by atoms with E-state index < -0.39 is 10.0 Å². The summed E-state index contributed by atoms with van der Waals surface area (Å²) in [6.07, 6.45) is 0. The number of nitrogens with zero attached hydrogens (tertiary/aromatic N) is 1. The highest BCUT2D eigenvalue weighted by Crippen LogP contribution is 2.20. The number of sulfonamides is 1. The molecule has 0 saturated carbocycles. The number of anilines is 1. The van der Waals surface area contributed by atoms with Gasteiger partial charge >= 0.3 is 0 Å². The van der Waals surface area contributed by atoms with Crippen molar-refractivity contribution in [1.29, 1.82) is 0 Å². The standard InChI is InChI=1S/C13H12NO2S/c1-14(12-8-4-2-5-9-12)17(15,16)13-10-6-3-7-11-13/h2-10H,1H3. The summed E-state index contributed by atoms with van der Waals surface area (Å²) < 4.78 is 25.7. The van der Waals surface area contributed by atoms with Gasteiger partial charge in [0.25, 0.3) is 10.0 Å². The molecule has 0 aliphatic heterocycles. The maximum absolute atomic E-state index is 12.2. The van der Waals surface area contributed by atoms with Gasteiger partial charge < -0.3 is 0 Å². The molecule has 0 N–H and O–H groups in total. The quantitative estimate of drug-likeness (QED) is 0.833. The summed E-state index contributed by atoms with van der Waals surface area (Å²) >= 11 is 0. The van der Waals surface area contributed by atoms with E-state index in [1.165, 1.54) is 17.4 Å². The van der Waals surface area contributed by atoms with E-state index in [0.29, 0.717) is 5.69 Å². The summed E-state index contributed by atoms with van der Waals surface area (Å²) in [7, 11) is -1.98. The van der Waals surface area contributed by atoms with Gasteiger partial charge in [-0.25, -0.2) is 8.42 Å². The summed E-state index contributed by atoms with van der Waals surface area (Å²) in [5, 5.41) is 0. The Labute approximate surface area is 101 Å². The van der Waals surface area contributed by atoms with E-state index in [2.05, 4.69) is 6.07 Å². The summed E-state index contributed by atoms with van der Waals surface area (Å²) in [5.74, 6) is 0. The molecule has 17 heavy (non-hydrogen) atoms. The largest absolute Gasteiger partial charge is 0.269 e. The zero-order valence-electron chi connectivity index (χ0n) is 9.37. The molecule has 4 heteroatoms. The van der Waals surface area contributed by atoms with Gasteiger partial charge in [-0.2, -0.15) is 0 Å². The number of hydrogen-bond donors (Lipinski definition) is 0. The number of benzene rings is 2. The third-order valence-electron chi connectivity index (χ3n) is 2.44. The Morgan fingerprint density at radius 2 is 1.65 bits per heavy atom. The van der Waals surface area contributed by atoms with Crippen LogP contribution in [0.15, 0.2) is 59.5 Å². The summed E-state index contributed by atoms with van der Waals surface area (Å²) in [6, 6.07) is 18.2. The molecule has 0 fully saturated rings. The second-order valence-electron chi connectivity index (χ2n) is 3.53. The van der Waals surface area contributed by atoms with Gasteiger partial charge in [-0.3, -0.25) is 4.31 Å². The van der Waals surface area contributed by atoms with Crippen molar-refractivity contribution in [3.63, 3.8) is 0 Å². The van der Waals surface area contributed by atoms with Gasteiger partial charge in [0.15, 0.2) is 0 Å². The third kappa shape index (κ3) is 2.31. The van der Waals surface area contributed by atoms with Crippen molar-refractivity contribution < 1.29 is 8.42 Å². The summed E-state index contributed by atoms with van der Waals surface area (Å²) in [5.41, 5.74) is 0.629. The molecule has 0 aliphatic rings. The number of rotatable bonds is 3. The molecule has 1 radical (unpaired) electrons.